The SMILES string of the molecule is CCc1cc(OCC[N+](C)(C)C)c(C)cc1OCC[N+](C)(C)C.CCc1cc(OCC[N+](CC)(CC)CC)c(C)cc1OCC[N+](CC)(CC)CC.CCc1cc(OCCn2cc[n+](C)c2)c(C)cc1OCCn1cc[n+](C)c1. The third-order valence-corrected chi connectivity index (χ3v) is 15.8. The Morgan fingerprint density at radius 1 is 0.367 bits per heavy atom. The van der Waals surface area contributed by atoms with Crippen molar-refractivity contribution >= 4 is 0 Å². The van der Waals surface area contributed by atoms with Crippen molar-refractivity contribution < 1.29 is 55.5 Å². The van der Waals surface area contributed by atoms with Crippen molar-refractivity contribution in [3.05, 3.63) is 107 Å². The highest BCUT2D eigenvalue weighted by Gasteiger charge is 2.23. The lowest BCUT2D eigenvalue weighted by Gasteiger charge is -2.35. The topological polar surface area (TPSA) is 73.0 Å². The minimum absolute atomic E-state index is 0.642. The average Bonchev–Trinajstić information content (AvgIpc) is 4.05. The van der Waals surface area contributed by atoms with Crippen LogP contribution in [0.5, 0.6) is 34.5 Å². The van der Waals surface area contributed by atoms with E-state index < -0.39 is 0 Å². The molecule has 5 aromatic rings. The van der Waals surface area contributed by atoms with E-state index in [1.54, 1.807) is 0 Å². The van der Waals surface area contributed by atoms with Gasteiger partial charge in [-0.15, -0.1) is 0 Å². The Hall–Kier alpha value is -5.28. The number of hydrogen-bond acceptors (Lipinski definition) is 6. The van der Waals surface area contributed by atoms with E-state index in [9.17, 15) is 0 Å². The monoisotopic (exact) mass is 1100 g/mol. The second kappa shape index (κ2) is 33.5. The van der Waals surface area contributed by atoms with Crippen molar-refractivity contribution in [3.63, 3.8) is 0 Å². The highest BCUT2D eigenvalue weighted by Crippen LogP contribution is 2.32. The van der Waals surface area contributed by atoms with E-state index in [2.05, 4.69) is 196 Å². The Labute approximate surface area is 481 Å². The highest BCUT2D eigenvalue weighted by molar-refractivity contribution is 5.48. The van der Waals surface area contributed by atoms with Gasteiger partial charge in [-0.25, -0.2) is 18.3 Å². The first-order chi connectivity index (χ1) is 37.4. The first-order valence-electron chi connectivity index (χ1n) is 30.0. The second-order valence-electron chi connectivity index (χ2n) is 23.5. The van der Waals surface area contributed by atoms with Crippen LogP contribution in [-0.4, -0.2) is 174 Å². The van der Waals surface area contributed by atoms with Crippen LogP contribution in [0.3, 0.4) is 0 Å². The zero-order chi connectivity index (χ0) is 58.8. The van der Waals surface area contributed by atoms with Gasteiger partial charge >= 0.3 is 0 Å². The first-order valence-corrected chi connectivity index (χ1v) is 30.0. The molecule has 0 fully saturated rings. The summed E-state index contributed by atoms with van der Waals surface area (Å²) in [7, 11) is 17.1. The van der Waals surface area contributed by atoms with E-state index in [4.69, 9.17) is 28.4 Å². The van der Waals surface area contributed by atoms with E-state index in [1.807, 2.05) is 35.6 Å². The number of benzene rings is 3. The van der Waals surface area contributed by atoms with Crippen LogP contribution in [0.1, 0.15) is 95.7 Å². The van der Waals surface area contributed by atoms with Crippen molar-refractivity contribution in [3.8, 4) is 34.5 Å². The molecule has 0 saturated carbocycles. The van der Waals surface area contributed by atoms with E-state index in [0.29, 0.717) is 13.2 Å². The third kappa shape index (κ3) is 23.4. The molecule has 0 saturated heterocycles. The standard InChI is InChI=1S/C25H48N2O2.C21H30N4O2.C19H36N2O2/c1-9-23-21-24(28-18-16-26(10-2,11-3)12-4)22(8)20-25(23)29-19-17-27(13-5,14-6)15-7;1-5-19-15-20(26-12-10-24-8-6-22(3)16-24)18(2)14-21(19)27-13-11-25-9-7-23(4)17-25;1-9-17-15-18(22-12-10-20(3,4)5)16(2)14-19(17)23-13-11-21(6,7)8/h20-21H,9-19H2,1-8H3;6-9,14-17H,5,10-13H2,1-4H3;14-15H,9-13H2,1-8H3/q3*+2. The Bertz CT molecular complexity index is 2500. The lowest BCUT2D eigenvalue weighted by atomic mass is 10.1. The summed E-state index contributed by atoms with van der Waals surface area (Å²) in [6, 6.07) is 12.9. The number of rotatable bonds is 33. The fourth-order valence-electron chi connectivity index (χ4n) is 9.45. The minimum Gasteiger partial charge on any atom is -0.489 e. The molecule has 14 nitrogen and oxygen atoms in total. The van der Waals surface area contributed by atoms with Gasteiger partial charge in [0, 0.05) is 0 Å². The van der Waals surface area contributed by atoms with Gasteiger partial charge in [-0.05, 0) is 151 Å². The van der Waals surface area contributed by atoms with Crippen LogP contribution in [0, 0.1) is 20.8 Å². The lowest BCUT2D eigenvalue weighted by molar-refractivity contribution is -0.923. The molecule has 0 aliphatic carbocycles. The van der Waals surface area contributed by atoms with Crippen molar-refractivity contribution in [1.29, 1.82) is 0 Å². The van der Waals surface area contributed by atoms with Crippen molar-refractivity contribution in [2.75, 3.05) is 147 Å². The van der Waals surface area contributed by atoms with Crippen LogP contribution in [0.2, 0.25) is 0 Å². The van der Waals surface area contributed by atoms with Crippen LogP contribution in [0.25, 0.3) is 0 Å². The van der Waals surface area contributed by atoms with E-state index >= 15 is 0 Å². The van der Waals surface area contributed by atoms with Gasteiger partial charge in [0.05, 0.1) is 95.6 Å². The number of ether oxygens (including phenoxy) is 6. The molecule has 0 N–H and O–H groups in total. The van der Waals surface area contributed by atoms with Gasteiger partial charge in [-0.2, -0.15) is 0 Å². The van der Waals surface area contributed by atoms with Gasteiger partial charge in [0.1, 0.15) is 138 Å². The van der Waals surface area contributed by atoms with Gasteiger partial charge in [-0.1, -0.05) is 20.8 Å². The molecule has 79 heavy (non-hydrogen) atoms. The number of nitrogens with zero attached hydrogens (tertiary/aromatic N) is 8. The number of imidazole rings is 2. The van der Waals surface area contributed by atoms with Gasteiger partial charge in [0.2, 0.25) is 12.7 Å². The summed E-state index contributed by atoms with van der Waals surface area (Å²) >= 11 is 0. The summed E-state index contributed by atoms with van der Waals surface area (Å²) in [5, 5.41) is 0. The summed E-state index contributed by atoms with van der Waals surface area (Å²) in [4.78, 5) is 0. The number of aryl methyl sites for hydroxylation is 8. The van der Waals surface area contributed by atoms with Gasteiger partial charge in [0.25, 0.3) is 0 Å². The van der Waals surface area contributed by atoms with Gasteiger partial charge < -0.3 is 46.4 Å². The van der Waals surface area contributed by atoms with Crippen LogP contribution in [0.4, 0.5) is 0 Å². The van der Waals surface area contributed by atoms with E-state index in [1.165, 1.54) is 22.3 Å². The van der Waals surface area contributed by atoms with Crippen LogP contribution < -0.4 is 37.6 Å². The molecule has 0 atom stereocenters. The molecule has 444 valence electrons. The maximum Gasteiger partial charge on any atom is 0.243 e. The average molecular weight is 1100 g/mol. The maximum absolute atomic E-state index is 6.26. The fraction of sp³-hybridized carbons (Fsp3) is 0.631. The third-order valence-electron chi connectivity index (χ3n) is 15.8. The summed E-state index contributed by atoms with van der Waals surface area (Å²) in [5.41, 5.74) is 7.06. The first kappa shape index (κ1) is 68.0. The molecular formula is C65H114N8O6+6. The summed E-state index contributed by atoms with van der Waals surface area (Å²) in [5.74, 6) is 5.91. The molecular weight excluding hydrogens is 989 g/mol. The molecule has 0 bridgehead atoms. The number of aromatic nitrogens is 4. The van der Waals surface area contributed by atoms with E-state index in [-0.39, 0.29) is 0 Å². The predicted molar refractivity (Wildman–Crippen MR) is 325 cm³/mol. The predicted octanol–water partition coefficient (Wildman–Crippen LogP) is 9.76. The zero-order valence-corrected chi connectivity index (χ0v) is 53.8. The molecule has 2 heterocycles. The van der Waals surface area contributed by atoms with Crippen molar-refractivity contribution in [2.45, 2.75) is 115 Å². The molecule has 5 rings (SSSR count). The van der Waals surface area contributed by atoms with Gasteiger partial charge in [0.15, 0.2) is 0 Å². The Morgan fingerprint density at radius 3 is 0.886 bits per heavy atom. The molecule has 0 aliphatic heterocycles. The zero-order valence-electron chi connectivity index (χ0n) is 53.8. The van der Waals surface area contributed by atoms with Crippen molar-refractivity contribution in [1.82, 2.24) is 9.13 Å². The Morgan fingerprint density at radius 2 is 0.633 bits per heavy atom. The van der Waals surface area contributed by atoms with Crippen LogP contribution >= 0.6 is 0 Å². The Kier molecular flexibility index (Phi) is 28.8. The number of hydrogen-bond donors (Lipinski definition) is 0. The molecule has 0 radical (unpaired) electrons. The second-order valence-corrected chi connectivity index (χ2v) is 23.5. The minimum atomic E-state index is 0.642. The summed E-state index contributed by atoms with van der Waals surface area (Å²) in [6.07, 6.45) is 15.1. The molecule has 0 amide bonds. The van der Waals surface area contributed by atoms with Crippen LogP contribution in [0.15, 0.2) is 73.8 Å². The smallest absolute Gasteiger partial charge is 0.243 e. The molecule has 0 aliphatic rings. The molecule has 0 unspecified atom stereocenters. The lowest BCUT2D eigenvalue weighted by Crippen LogP contribution is -2.50. The largest absolute Gasteiger partial charge is 0.489 e. The molecule has 0 spiro atoms. The fourth-order valence-corrected chi connectivity index (χ4v) is 9.45. The molecule has 2 aromatic heterocycles. The van der Waals surface area contributed by atoms with Crippen LogP contribution in [-0.2, 0) is 46.4 Å². The molecule has 3 aromatic carbocycles. The Balaban J connectivity index is 0.000000314. The van der Waals surface area contributed by atoms with Crippen molar-refractivity contribution in [2.24, 2.45) is 14.1 Å². The van der Waals surface area contributed by atoms with E-state index in [0.717, 1.165) is 188 Å². The van der Waals surface area contributed by atoms with Gasteiger partial charge in [-0.3, -0.25) is 0 Å². The quantitative estimate of drug-likeness (QED) is 0.0308. The summed E-state index contributed by atoms with van der Waals surface area (Å²) in [6.45, 7) is 43.5. The number of likely N-dealkylation sites (N-methyl/N-ethyl adjacent to an activating group) is 4. The summed E-state index contributed by atoms with van der Waals surface area (Å²) < 4.78 is 49.0. The number of quaternary nitrogens is 4. The normalized spacial score (nSPS) is 11.8. The molecule has 14 heteroatoms. The maximum atomic E-state index is 6.26. The highest BCUT2D eigenvalue weighted by atomic mass is 16.5.